The summed E-state index contributed by atoms with van der Waals surface area (Å²) in [6.45, 7) is 3.96. The van der Waals surface area contributed by atoms with E-state index < -0.39 is 15.8 Å². The van der Waals surface area contributed by atoms with Gasteiger partial charge in [0.1, 0.15) is 5.82 Å². The summed E-state index contributed by atoms with van der Waals surface area (Å²) >= 11 is 5.68. The molecule has 1 N–H and O–H groups in total. The molecule has 0 radical (unpaired) electrons. The first-order valence-electron chi connectivity index (χ1n) is 6.18. The zero-order chi connectivity index (χ0) is 14.5. The van der Waals surface area contributed by atoms with Crippen LogP contribution in [0.3, 0.4) is 0 Å². The van der Waals surface area contributed by atoms with Crippen LogP contribution in [-0.4, -0.2) is 20.8 Å². The second-order valence-corrected chi connectivity index (χ2v) is 6.75. The zero-order valence-corrected chi connectivity index (χ0v) is 12.7. The van der Waals surface area contributed by atoms with Crippen LogP contribution in [0.4, 0.5) is 4.39 Å². The molecule has 1 rings (SSSR count). The van der Waals surface area contributed by atoms with Crippen LogP contribution < -0.4 is 4.72 Å². The van der Waals surface area contributed by atoms with Crippen molar-refractivity contribution in [2.75, 3.05) is 12.4 Å². The lowest BCUT2D eigenvalue weighted by Crippen LogP contribution is -2.25. The number of sulfonamides is 1. The molecule has 0 amide bonds. The fourth-order valence-corrected chi connectivity index (χ4v) is 3.18. The monoisotopic (exact) mass is 307 g/mol. The minimum Gasteiger partial charge on any atom is -0.211 e. The van der Waals surface area contributed by atoms with Crippen molar-refractivity contribution < 1.29 is 12.8 Å². The lowest BCUT2D eigenvalue weighted by molar-refractivity contribution is 0.543. The Morgan fingerprint density at radius 3 is 2.68 bits per heavy atom. The molecule has 108 valence electrons. The molecule has 0 spiro atoms. The topological polar surface area (TPSA) is 46.2 Å². The van der Waals surface area contributed by atoms with Crippen molar-refractivity contribution in [3.63, 3.8) is 0 Å². The molecule has 1 unspecified atom stereocenters. The van der Waals surface area contributed by atoms with Gasteiger partial charge in [-0.15, -0.1) is 11.6 Å². The Balaban J connectivity index is 2.61. The van der Waals surface area contributed by atoms with Crippen molar-refractivity contribution in [1.82, 2.24) is 4.72 Å². The van der Waals surface area contributed by atoms with Crippen LogP contribution in [0.5, 0.6) is 0 Å². The zero-order valence-electron chi connectivity index (χ0n) is 11.1. The number of rotatable bonds is 7. The van der Waals surface area contributed by atoms with Gasteiger partial charge in [0.05, 0.1) is 4.90 Å². The van der Waals surface area contributed by atoms with Gasteiger partial charge in [-0.1, -0.05) is 6.92 Å². The summed E-state index contributed by atoms with van der Waals surface area (Å²) in [7, 11) is -3.56. The van der Waals surface area contributed by atoms with Gasteiger partial charge in [-0.25, -0.2) is 17.5 Å². The van der Waals surface area contributed by atoms with Crippen molar-refractivity contribution in [2.45, 2.75) is 31.6 Å². The Labute approximate surface area is 119 Å². The fourth-order valence-electron chi connectivity index (χ4n) is 1.73. The average Bonchev–Trinajstić information content (AvgIpc) is 2.33. The third-order valence-corrected chi connectivity index (χ3v) is 5.00. The predicted octanol–water partition coefficient (Wildman–Crippen LogP) is 3.07. The first-order chi connectivity index (χ1) is 8.86. The summed E-state index contributed by atoms with van der Waals surface area (Å²) in [5, 5.41) is 0. The van der Waals surface area contributed by atoms with Gasteiger partial charge in [-0.3, -0.25) is 0 Å². The van der Waals surface area contributed by atoms with E-state index >= 15 is 0 Å². The number of benzene rings is 1. The van der Waals surface area contributed by atoms with Crippen molar-refractivity contribution in [2.24, 2.45) is 5.92 Å². The Morgan fingerprint density at radius 2 is 2.11 bits per heavy atom. The van der Waals surface area contributed by atoms with Crippen molar-refractivity contribution in [3.8, 4) is 0 Å². The lowest BCUT2D eigenvalue weighted by Gasteiger charge is -2.10. The van der Waals surface area contributed by atoms with Gasteiger partial charge < -0.3 is 0 Å². The van der Waals surface area contributed by atoms with E-state index in [2.05, 4.69) is 4.72 Å². The number of hydrogen-bond donors (Lipinski definition) is 1. The fraction of sp³-hybridized carbons (Fsp3) is 0.538. The maximum atomic E-state index is 12.9. The molecule has 0 aromatic heterocycles. The highest BCUT2D eigenvalue weighted by atomic mass is 35.5. The van der Waals surface area contributed by atoms with E-state index in [0.717, 1.165) is 18.9 Å². The van der Waals surface area contributed by atoms with E-state index in [1.54, 1.807) is 6.92 Å². The Hall–Kier alpha value is -0.650. The smallest absolute Gasteiger partial charge is 0.211 e. The second-order valence-electron chi connectivity index (χ2n) is 4.71. The minimum absolute atomic E-state index is 0.124. The van der Waals surface area contributed by atoms with Gasteiger partial charge in [0.2, 0.25) is 10.0 Å². The highest BCUT2D eigenvalue weighted by molar-refractivity contribution is 7.89. The molecule has 1 aromatic rings. The van der Waals surface area contributed by atoms with Crippen molar-refractivity contribution in [1.29, 1.82) is 0 Å². The summed E-state index contributed by atoms with van der Waals surface area (Å²) in [5.41, 5.74) is 0.404. The molecule has 0 heterocycles. The molecule has 0 aliphatic rings. The third kappa shape index (κ3) is 5.09. The molecule has 1 aromatic carbocycles. The average molecular weight is 308 g/mol. The van der Waals surface area contributed by atoms with Gasteiger partial charge >= 0.3 is 0 Å². The van der Waals surface area contributed by atoms with Gasteiger partial charge in [0, 0.05) is 12.4 Å². The first-order valence-corrected chi connectivity index (χ1v) is 8.20. The van der Waals surface area contributed by atoms with Crippen molar-refractivity contribution in [3.05, 3.63) is 29.6 Å². The SMILES string of the molecule is Cc1cc(F)ccc1S(=O)(=O)NCCCC(C)CCl. The standard InChI is InChI=1S/C13H19ClFNO2S/c1-10(9-14)4-3-7-16-19(17,18)13-6-5-12(15)8-11(13)2/h5-6,8,10,16H,3-4,7,9H2,1-2H3. The quantitative estimate of drug-likeness (QED) is 0.621. The minimum atomic E-state index is -3.56. The van der Waals surface area contributed by atoms with Crippen LogP contribution >= 0.6 is 11.6 Å². The van der Waals surface area contributed by atoms with Gasteiger partial charge in [-0.05, 0) is 49.4 Å². The summed E-state index contributed by atoms with van der Waals surface area (Å²) in [6.07, 6.45) is 1.60. The van der Waals surface area contributed by atoms with Crippen LogP contribution in [0.25, 0.3) is 0 Å². The summed E-state index contributed by atoms with van der Waals surface area (Å²) in [6, 6.07) is 3.65. The number of aryl methyl sites for hydroxylation is 1. The third-order valence-electron chi connectivity index (χ3n) is 2.86. The molecule has 19 heavy (non-hydrogen) atoms. The van der Waals surface area contributed by atoms with E-state index in [9.17, 15) is 12.8 Å². The van der Waals surface area contributed by atoms with Crippen LogP contribution in [0.1, 0.15) is 25.3 Å². The molecule has 6 heteroatoms. The molecule has 1 atom stereocenters. The predicted molar refractivity (Wildman–Crippen MR) is 75.4 cm³/mol. The molecule has 0 bridgehead atoms. The molecule has 0 fully saturated rings. The maximum absolute atomic E-state index is 12.9. The highest BCUT2D eigenvalue weighted by Crippen LogP contribution is 2.16. The van der Waals surface area contributed by atoms with Crippen LogP contribution in [0, 0.1) is 18.7 Å². The highest BCUT2D eigenvalue weighted by Gasteiger charge is 2.16. The molecule has 0 aliphatic heterocycles. The van der Waals surface area contributed by atoms with E-state index in [4.69, 9.17) is 11.6 Å². The molecular formula is C13H19ClFNO2S. The molecule has 0 saturated heterocycles. The second kappa shape index (κ2) is 7.22. The van der Waals surface area contributed by atoms with Gasteiger partial charge in [0.25, 0.3) is 0 Å². The van der Waals surface area contributed by atoms with Crippen LogP contribution in [0.15, 0.2) is 23.1 Å². The maximum Gasteiger partial charge on any atom is 0.240 e. The van der Waals surface area contributed by atoms with Crippen molar-refractivity contribution >= 4 is 21.6 Å². The van der Waals surface area contributed by atoms with Crippen LogP contribution in [0.2, 0.25) is 0 Å². The van der Waals surface area contributed by atoms with E-state index in [1.165, 1.54) is 12.1 Å². The molecular weight excluding hydrogens is 289 g/mol. The largest absolute Gasteiger partial charge is 0.240 e. The van der Waals surface area contributed by atoms with E-state index in [-0.39, 0.29) is 4.90 Å². The number of halogens is 2. The molecule has 3 nitrogen and oxygen atoms in total. The number of hydrogen-bond acceptors (Lipinski definition) is 2. The van der Waals surface area contributed by atoms with Crippen LogP contribution in [-0.2, 0) is 10.0 Å². The Morgan fingerprint density at radius 1 is 1.42 bits per heavy atom. The van der Waals surface area contributed by atoms with E-state index in [0.29, 0.717) is 23.9 Å². The van der Waals surface area contributed by atoms with Gasteiger partial charge in [0.15, 0.2) is 0 Å². The summed E-state index contributed by atoms with van der Waals surface area (Å²) in [4.78, 5) is 0.124. The Bertz CT molecular complexity index is 519. The Kier molecular flexibility index (Phi) is 6.23. The summed E-state index contributed by atoms with van der Waals surface area (Å²) in [5.74, 6) is 0.509. The normalized spacial score (nSPS) is 13.5. The molecule has 0 saturated carbocycles. The number of alkyl halides is 1. The summed E-state index contributed by atoms with van der Waals surface area (Å²) < 4.78 is 39.5. The lowest BCUT2D eigenvalue weighted by atomic mass is 10.1. The molecule has 0 aliphatic carbocycles. The van der Waals surface area contributed by atoms with E-state index in [1.807, 2.05) is 6.92 Å². The first kappa shape index (κ1) is 16.4. The van der Waals surface area contributed by atoms with Gasteiger partial charge in [-0.2, -0.15) is 0 Å². The number of nitrogens with one attached hydrogen (secondary N) is 1.